The van der Waals surface area contributed by atoms with Crippen LogP contribution < -0.4 is 5.73 Å². The first kappa shape index (κ1) is 16.0. The Kier molecular flexibility index (Phi) is 6.74. The summed E-state index contributed by atoms with van der Waals surface area (Å²) in [5, 5.41) is 0. The maximum absolute atomic E-state index is 11.4. The second-order valence-electron chi connectivity index (χ2n) is 5.93. The van der Waals surface area contributed by atoms with Crippen molar-refractivity contribution in [2.45, 2.75) is 64.4 Å². The van der Waals surface area contributed by atoms with E-state index in [4.69, 9.17) is 10.5 Å². The molecule has 0 spiro atoms. The lowest BCUT2D eigenvalue weighted by molar-refractivity contribution is 0.0535. The van der Waals surface area contributed by atoms with Gasteiger partial charge in [0.1, 0.15) is 6.61 Å². The molecule has 0 saturated carbocycles. The summed E-state index contributed by atoms with van der Waals surface area (Å²) in [6.45, 7) is 1.28. The predicted molar refractivity (Wildman–Crippen MR) is 85.3 cm³/mol. The van der Waals surface area contributed by atoms with Crippen molar-refractivity contribution >= 4 is 5.97 Å². The zero-order valence-electron chi connectivity index (χ0n) is 12.9. The summed E-state index contributed by atoms with van der Waals surface area (Å²) in [4.78, 5) is 11.4. The van der Waals surface area contributed by atoms with Crippen LogP contribution in [-0.2, 0) is 17.8 Å². The van der Waals surface area contributed by atoms with Crippen molar-refractivity contribution in [3.05, 3.63) is 34.9 Å². The molecule has 0 amide bonds. The number of cyclic esters (lactones) is 1. The number of hydrogen-bond acceptors (Lipinski definition) is 3. The van der Waals surface area contributed by atoms with Gasteiger partial charge in [-0.25, -0.2) is 4.79 Å². The second kappa shape index (κ2) is 8.83. The van der Waals surface area contributed by atoms with E-state index in [-0.39, 0.29) is 5.97 Å². The van der Waals surface area contributed by atoms with Gasteiger partial charge in [-0.1, -0.05) is 50.7 Å². The molecule has 3 heteroatoms. The molecule has 1 aromatic rings. The van der Waals surface area contributed by atoms with E-state index in [0.29, 0.717) is 6.61 Å². The number of ether oxygens (including phenoxy) is 1. The number of aryl methyl sites for hydroxylation is 1. The van der Waals surface area contributed by atoms with Crippen LogP contribution in [0.2, 0.25) is 0 Å². The Morgan fingerprint density at radius 3 is 2.33 bits per heavy atom. The lowest BCUT2D eigenvalue weighted by Crippen LogP contribution is -1.97. The lowest BCUT2D eigenvalue weighted by atomic mass is 10.0. The average molecular weight is 289 g/mol. The van der Waals surface area contributed by atoms with Crippen molar-refractivity contribution in [3.8, 4) is 0 Å². The Morgan fingerprint density at radius 2 is 1.62 bits per heavy atom. The molecule has 1 aromatic carbocycles. The molecule has 0 aliphatic carbocycles. The molecule has 0 radical (unpaired) electrons. The maximum atomic E-state index is 11.4. The molecule has 21 heavy (non-hydrogen) atoms. The average Bonchev–Trinajstić information content (AvgIpc) is 2.86. The van der Waals surface area contributed by atoms with Gasteiger partial charge in [0.2, 0.25) is 0 Å². The van der Waals surface area contributed by atoms with Gasteiger partial charge in [0.05, 0.1) is 5.56 Å². The fourth-order valence-corrected chi connectivity index (χ4v) is 2.88. The highest BCUT2D eigenvalue weighted by atomic mass is 16.5. The summed E-state index contributed by atoms with van der Waals surface area (Å²) in [6, 6.07) is 6.11. The van der Waals surface area contributed by atoms with Gasteiger partial charge in [-0.15, -0.1) is 0 Å². The van der Waals surface area contributed by atoms with Crippen LogP contribution in [0.5, 0.6) is 0 Å². The van der Waals surface area contributed by atoms with E-state index >= 15 is 0 Å². The standard InChI is InChI=1S/C18H27NO2/c19-12-8-6-4-2-1-3-5-7-9-15-10-11-17-16(13-15)14-21-18(17)20/h10-11,13H,1-9,12,14,19H2. The fourth-order valence-electron chi connectivity index (χ4n) is 2.88. The minimum Gasteiger partial charge on any atom is -0.457 e. The number of unbranched alkanes of at least 4 members (excludes halogenated alkanes) is 7. The first-order valence-electron chi connectivity index (χ1n) is 8.30. The second-order valence-corrected chi connectivity index (χ2v) is 5.93. The molecule has 3 nitrogen and oxygen atoms in total. The predicted octanol–water partition coefficient (Wildman–Crippen LogP) is 3.98. The van der Waals surface area contributed by atoms with E-state index < -0.39 is 0 Å². The summed E-state index contributed by atoms with van der Waals surface area (Å²) in [6.07, 6.45) is 11.4. The molecule has 2 rings (SSSR count). The number of benzene rings is 1. The van der Waals surface area contributed by atoms with Crippen LogP contribution in [-0.4, -0.2) is 12.5 Å². The van der Waals surface area contributed by atoms with E-state index in [1.807, 2.05) is 6.07 Å². The van der Waals surface area contributed by atoms with E-state index in [0.717, 1.165) is 24.1 Å². The topological polar surface area (TPSA) is 52.3 Å². The molecule has 1 aliphatic rings. The number of carbonyl (C=O) groups excluding carboxylic acids is 1. The van der Waals surface area contributed by atoms with Gasteiger partial charge in [0.25, 0.3) is 0 Å². The summed E-state index contributed by atoms with van der Waals surface area (Å²) in [7, 11) is 0. The van der Waals surface area contributed by atoms with Gasteiger partial charge >= 0.3 is 5.97 Å². The fraction of sp³-hybridized carbons (Fsp3) is 0.611. The van der Waals surface area contributed by atoms with Crippen molar-refractivity contribution in [1.29, 1.82) is 0 Å². The first-order chi connectivity index (χ1) is 10.3. The number of carbonyl (C=O) groups is 1. The highest BCUT2D eigenvalue weighted by molar-refractivity contribution is 5.93. The molecule has 2 N–H and O–H groups in total. The van der Waals surface area contributed by atoms with E-state index in [1.165, 1.54) is 56.9 Å². The number of rotatable bonds is 10. The number of nitrogens with two attached hydrogens (primary N) is 1. The quantitative estimate of drug-likeness (QED) is 0.523. The van der Waals surface area contributed by atoms with E-state index in [2.05, 4.69) is 12.1 Å². The molecule has 116 valence electrons. The Labute approximate surface area is 127 Å². The van der Waals surface area contributed by atoms with Crippen molar-refractivity contribution in [3.63, 3.8) is 0 Å². The lowest BCUT2D eigenvalue weighted by Gasteiger charge is -2.04. The largest absolute Gasteiger partial charge is 0.457 e. The maximum Gasteiger partial charge on any atom is 0.338 e. The van der Waals surface area contributed by atoms with Gasteiger partial charge in [-0.3, -0.25) is 0 Å². The van der Waals surface area contributed by atoms with Crippen molar-refractivity contribution < 1.29 is 9.53 Å². The molecular weight excluding hydrogens is 262 g/mol. The highest BCUT2D eigenvalue weighted by Crippen LogP contribution is 2.22. The van der Waals surface area contributed by atoms with Crippen molar-refractivity contribution in [2.24, 2.45) is 5.73 Å². The Morgan fingerprint density at radius 1 is 0.952 bits per heavy atom. The molecule has 1 heterocycles. The molecule has 0 saturated heterocycles. The third kappa shape index (κ3) is 5.16. The molecular formula is C18H27NO2. The van der Waals surface area contributed by atoms with Gasteiger partial charge in [-0.2, -0.15) is 0 Å². The first-order valence-corrected chi connectivity index (χ1v) is 8.30. The van der Waals surface area contributed by atoms with Crippen molar-refractivity contribution in [1.82, 2.24) is 0 Å². The van der Waals surface area contributed by atoms with Crippen LogP contribution in [0.25, 0.3) is 0 Å². The monoisotopic (exact) mass is 289 g/mol. The van der Waals surface area contributed by atoms with E-state index in [1.54, 1.807) is 0 Å². The van der Waals surface area contributed by atoms with Crippen LogP contribution in [0.1, 0.15) is 72.9 Å². The van der Waals surface area contributed by atoms with Crippen LogP contribution in [0, 0.1) is 0 Å². The zero-order chi connectivity index (χ0) is 14.9. The Bertz CT molecular complexity index is 457. The molecule has 0 aromatic heterocycles. The molecule has 0 bridgehead atoms. The normalized spacial score (nSPS) is 13.3. The smallest absolute Gasteiger partial charge is 0.338 e. The zero-order valence-corrected chi connectivity index (χ0v) is 12.9. The molecule has 0 unspecified atom stereocenters. The third-order valence-corrected chi connectivity index (χ3v) is 4.17. The third-order valence-electron chi connectivity index (χ3n) is 4.17. The number of fused-ring (bicyclic) bond motifs is 1. The summed E-state index contributed by atoms with van der Waals surface area (Å²) in [5.41, 5.74) is 8.61. The minimum absolute atomic E-state index is 0.175. The summed E-state index contributed by atoms with van der Waals surface area (Å²) < 4.78 is 5.03. The number of hydrogen-bond donors (Lipinski definition) is 1. The van der Waals surface area contributed by atoms with Crippen LogP contribution in [0.15, 0.2) is 18.2 Å². The molecule has 1 aliphatic heterocycles. The SMILES string of the molecule is NCCCCCCCCCCc1ccc2c(c1)COC2=O. The van der Waals surface area contributed by atoms with Gasteiger partial charge in [0, 0.05) is 5.56 Å². The summed E-state index contributed by atoms with van der Waals surface area (Å²) in [5.74, 6) is -0.175. The number of esters is 1. The van der Waals surface area contributed by atoms with Crippen molar-refractivity contribution in [2.75, 3.05) is 6.54 Å². The molecule has 0 atom stereocenters. The Balaban J connectivity index is 1.56. The summed E-state index contributed by atoms with van der Waals surface area (Å²) >= 11 is 0. The van der Waals surface area contributed by atoms with Gasteiger partial charge in [0.15, 0.2) is 0 Å². The van der Waals surface area contributed by atoms with E-state index in [9.17, 15) is 4.79 Å². The van der Waals surface area contributed by atoms with Crippen LogP contribution in [0.4, 0.5) is 0 Å². The Hall–Kier alpha value is -1.35. The highest BCUT2D eigenvalue weighted by Gasteiger charge is 2.20. The van der Waals surface area contributed by atoms with Crippen LogP contribution >= 0.6 is 0 Å². The van der Waals surface area contributed by atoms with Gasteiger partial charge in [-0.05, 0) is 37.4 Å². The molecule has 0 fully saturated rings. The minimum atomic E-state index is -0.175. The van der Waals surface area contributed by atoms with Crippen LogP contribution in [0.3, 0.4) is 0 Å². The van der Waals surface area contributed by atoms with Gasteiger partial charge < -0.3 is 10.5 Å².